The highest BCUT2D eigenvalue weighted by Crippen LogP contribution is 2.27. The van der Waals surface area contributed by atoms with Crippen LogP contribution in [0.5, 0.6) is 0 Å². The predicted molar refractivity (Wildman–Crippen MR) is 82.2 cm³/mol. The fourth-order valence-corrected chi connectivity index (χ4v) is 3.58. The fraction of sp³-hybridized carbons (Fsp3) is 0.357. The Morgan fingerprint density at radius 2 is 2.35 bits per heavy atom. The number of H-pyrrole nitrogens is 1. The molecule has 1 unspecified atom stereocenters. The minimum atomic E-state index is -0.757. The number of aromatic nitrogens is 1. The number of aliphatic hydroxyl groups is 1. The highest BCUT2D eigenvalue weighted by Gasteiger charge is 2.31. The molecule has 1 saturated heterocycles. The summed E-state index contributed by atoms with van der Waals surface area (Å²) in [6.07, 6.45) is 2.59. The number of nitrogens with one attached hydrogen (secondary N) is 3. The number of hydrogen-bond donors (Lipinski definition) is 4. The van der Waals surface area contributed by atoms with Crippen LogP contribution in [-0.2, 0) is 0 Å². The first-order valence-electron chi connectivity index (χ1n) is 6.57. The van der Waals surface area contributed by atoms with Gasteiger partial charge in [0.2, 0.25) is 0 Å². The molecule has 1 atom stereocenters. The molecule has 1 fully saturated rings. The normalized spacial score (nSPS) is 22.1. The lowest BCUT2D eigenvalue weighted by Crippen LogP contribution is -2.44. The number of carbonyl (C=O) groups is 1. The number of rotatable bonds is 3. The standard InChI is InChI=1S/C14H17N3O2S/c18-13(16-8-14(19)4-6-20-9-14)17-11-1-2-12-10(7-11)3-5-15-12/h1-3,5,7,15,19H,4,6,8-9H2,(H2,16,17,18). The van der Waals surface area contributed by atoms with Gasteiger partial charge in [0.05, 0.1) is 5.60 Å². The third-order valence-electron chi connectivity index (χ3n) is 3.47. The van der Waals surface area contributed by atoms with Crippen LogP contribution in [0, 0.1) is 0 Å². The van der Waals surface area contributed by atoms with Crippen molar-refractivity contribution in [1.29, 1.82) is 0 Å². The number of hydrogen-bond acceptors (Lipinski definition) is 3. The van der Waals surface area contributed by atoms with Crippen molar-refractivity contribution in [2.24, 2.45) is 0 Å². The summed E-state index contributed by atoms with van der Waals surface area (Å²) in [5.74, 6) is 1.63. The van der Waals surface area contributed by atoms with Crippen molar-refractivity contribution in [3.8, 4) is 0 Å². The Kier molecular flexibility index (Phi) is 3.58. The van der Waals surface area contributed by atoms with Gasteiger partial charge in [-0.2, -0.15) is 11.8 Å². The molecule has 0 bridgehead atoms. The monoisotopic (exact) mass is 291 g/mol. The van der Waals surface area contributed by atoms with E-state index in [4.69, 9.17) is 0 Å². The number of thioether (sulfide) groups is 1. The third kappa shape index (κ3) is 2.91. The molecule has 1 aliphatic heterocycles. The van der Waals surface area contributed by atoms with Crippen LogP contribution in [-0.4, -0.2) is 39.8 Å². The van der Waals surface area contributed by atoms with Crippen LogP contribution < -0.4 is 10.6 Å². The molecule has 20 heavy (non-hydrogen) atoms. The van der Waals surface area contributed by atoms with Crippen molar-refractivity contribution in [2.75, 3.05) is 23.4 Å². The van der Waals surface area contributed by atoms with E-state index in [0.717, 1.165) is 28.8 Å². The molecule has 1 aliphatic rings. The van der Waals surface area contributed by atoms with Crippen LogP contribution in [0.2, 0.25) is 0 Å². The Morgan fingerprint density at radius 3 is 3.15 bits per heavy atom. The highest BCUT2D eigenvalue weighted by atomic mass is 32.2. The van der Waals surface area contributed by atoms with Gasteiger partial charge < -0.3 is 20.7 Å². The Morgan fingerprint density at radius 1 is 1.45 bits per heavy atom. The van der Waals surface area contributed by atoms with Gasteiger partial charge in [-0.3, -0.25) is 0 Å². The van der Waals surface area contributed by atoms with Crippen LogP contribution in [0.4, 0.5) is 10.5 Å². The molecule has 2 aromatic rings. The second-order valence-corrected chi connectivity index (χ2v) is 6.22. The second-order valence-electron chi connectivity index (χ2n) is 5.11. The smallest absolute Gasteiger partial charge is 0.319 e. The van der Waals surface area contributed by atoms with E-state index in [2.05, 4.69) is 15.6 Å². The van der Waals surface area contributed by atoms with Gasteiger partial charge in [-0.15, -0.1) is 0 Å². The van der Waals surface area contributed by atoms with Crippen LogP contribution in [0.3, 0.4) is 0 Å². The van der Waals surface area contributed by atoms with Gasteiger partial charge in [-0.1, -0.05) is 0 Å². The number of fused-ring (bicyclic) bond motifs is 1. The van der Waals surface area contributed by atoms with Crippen molar-refractivity contribution in [2.45, 2.75) is 12.0 Å². The maximum Gasteiger partial charge on any atom is 0.319 e. The van der Waals surface area contributed by atoms with Gasteiger partial charge in [-0.05, 0) is 36.4 Å². The molecule has 2 heterocycles. The lowest BCUT2D eigenvalue weighted by atomic mass is 10.0. The first-order chi connectivity index (χ1) is 9.65. The van der Waals surface area contributed by atoms with E-state index in [1.807, 2.05) is 30.5 Å². The zero-order valence-corrected chi connectivity index (χ0v) is 11.8. The van der Waals surface area contributed by atoms with Gasteiger partial charge >= 0.3 is 6.03 Å². The number of carbonyl (C=O) groups excluding carboxylic acids is 1. The largest absolute Gasteiger partial charge is 0.387 e. The van der Waals surface area contributed by atoms with Gasteiger partial charge in [0, 0.05) is 35.1 Å². The summed E-state index contributed by atoms with van der Waals surface area (Å²) in [4.78, 5) is 14.9. The SMILES string of the molecule is O=C(NCC1(O)CCSC1)Nc1ccc2[nH]ccc2c1. The molecule has 3 rings (SSSR count). The van der Waals surface area contributed by atoms with Crippen LogP contribution in [0.15, 0.2) is 30.5 Å². The minimum absolute atomic E-state index is 0.287. The average molecular weight is 291 g/mol. The molecule has 6 heteroatoms. The Bertz CT molecular complexity index is 620. The summed E-state index contributed by atoms with van der Waals surface area (Å²) in [7, 11) is 0. The summed E-state index contributed by atoms with van der Waals surface area (Å²) in [6.45, 7) is 0.290. The Labute approximate surface area is 121 Å². The van der Waals surface area contributed by atoms with E-state index in [1.165, 1.54) is 0 Å². The maximum absolute atomic E-state index is 11.8. The lowest BCUT2D eigenvalue weighted by Gasteiger charge is -2.21. The van der Waals surface area contributed by atoms with Gasteiger partial charge in [-0.25, -0.2) is 4.79 Å². The summed E-state index contributed by atoms with van der Waals surface area (Å²) in [5, 5.41) is 16.7. The molecule has 0 saturated carbocycles. The maximum atomic E-state index is 11.8. The second kappa shape index (κ2) is 5.38. The number of aromatic amines is 1. The number of benzene rings is 1. The van der Waals surface area contributed by atoms with Crippen molar-refractivity contribution in [3.63, 3.8) is 0 Å². The molecule has 0 aliphatic carbocycles. The summed E-state index contributed by atoms with van der Waals surface area (Å²) < 4.78 is 0. The third-order valence-corrected chi connectivity index (χ3v) is 4.71. The topological polar surface area (TPSA) is 77.2 Å². The molecule has 5 nitrogen and oxygen atoms in total. The number of amides is 2. The van der Waals surface area contributed by atoms with Crippen molar-refractivity contribution in [1.82, 2.24) is 10.3 Å². The molecule has 0 spiro atoms. The molecule has 1 aromatic heterocycles. The van der Waals surface area contributed by atoms with Gasteiger partial charge in [0.1, 0.15) is 0 Å². The number of anilines is 1. The van der Waals surface area contributed by atoms with E-state index < -0.39 is 5.60 Å². The van der Waals surface area contributed by atoms with E-state index in [-0.39, 0.29) is 12.6 Å². The quantitative estimate of drug-likeness (QED) is 0.700. The molecular formula is C14H17N3O2S. The van der Waals surface area contributed by atoms with Crippen LogP contribution in [0.25, 0.3) is 10.9 Å². The fourth-order valence-electron chi connectivity index (χ4n) is 2.29. The van der Waals surface area contributed by atoms with E-state index in [1.54, 1.807) is 11.8 Å². The Hall–Kier alpha value is -1.66. The Balaban J connectivity index is 1.58. The molecule has 106 valence electrons. The zero-order chi connectivity index (χ0) is 14.0. The summed E-state index contributed by atoms with van der Waals surface area (Å²) in [6, 6.07) is 7.35. The first-order valence-corrected chi connectivity index (χ1v) is 7.72. The first kappa shape index (κ1) is 13.3. The summed E-state index contributed by atoms with van der Waals surface area (Å²) >= 11 is 1.71. The molecule has 2 amide bonds. The molecule has 0 radical (unpaired) electrons. The van der Waals surface area contributed by atoms with E-state index >= 15 is 0 Å². The van der Waals surface area contributed by atoms with Gasteiger partial charge in [0.15, 0.2) is 0 Å². The summed E-state index contributed by atoms with van der Waals surface area (Å²) in [5.41, 5.74) is 1.02. The lowest BCUT2D eigenvalue weighted by molar-refractivity contribution is 0.0706. The average Bonchev–Trinajstić information content (AvgIpc) is 3.05. The van der Waals surface area contributed by atoms with Crippen LogP contribution >= 0.6 is 11.8 Å². The van der Waals surface area contributed by atoms with Crippen molar-refractivity contribution in [3.05, 3.63) is 30.5 Å². The van der Waals surface area contributed by atoms with E-state index in [0.29, 0.717) is 5.75 Å². The predicted octanol–water partition coefficient (Wildman–Crippen LogP) is 2.16. The van der Waals surface area contributed by atoms with E-state index in [9.17, 15) is 9.90 Å². The minimum Gasteiger partial charge on any atom is -0.387 e. The number of urea groups is 1. The zero-order valence-electron chi connectivity index (χ0n) is 11.0. The van der Waals surface area contributed by atoms with Crippen molar-refractivity contribution >= 4 is 34.4 Å². The molecular weight excluding hydrogens is 274 g/mol. The van der Waals surface area contributed by atoms with Gasteiger partial charge in [0.25, 0.3) is 0 Å². The molecule has 1 aromatic carbocycles. The van der Waals surface area contributed by atoms with Crippen LogP contribution in [0.1, 0.15) is 6.42 Å². The van der Waals surface area contributed by atoms with Crippen molar-refractivity contribution < 1.29 is 9.90 Å². The molecule has 4 N–H and O–H groups in total. The highest BCUT2D eigenvalue weighted by molar-refractivity contribution is 7.99.